The van der Waals surface area contributed by atoms with Crippen molar-refractivity contribution in [3.05, 3.63) is 41.4 Å². The fourth-order valence-corrected chi connectivity index (χ4v) is 1.74. The van der Waals surface area contributed by atoms with Crippen LogP contribution < -0.4 is 0 Å². The molecular weight excluding hydrogens is 154 g/mol. The van der Waals surface area contributed by atoms with Crippen LogP contribution in [0, 0.1) is 0 Å². The van der Waals surface area contributed by atoms with Crippen LogP contribution in [0.25, 0.3) is 5.70 Å². The molecule has 2 rings (SSSR count). The predicted octanol–water partition coefficient (Wildman–Crippen LogP) is 2.94. The molecule has 2 heterocycles. The predicted molar refractivity (Wildman–Crippen MR) is 50.1 cm³/mol. The number of allylic oxidation sites excluding steroid dienone is 2. The van der Waals surface area contributed by atoms with Gasteiger partial charge in [0.1, 0.15) is 0 Å². The quantitative estimate of drug-likeness (QED) is 0.616. The molecule has 0 saturated heterocycles. The zero-order valence-corrected chi connectivity index (χ0v) is 6.92. The number of rotatable bonds is 1. The van der Waals surface area contributed by atoms with Gasteiger partial charge in [0.05, 0.1) is 0 Å². The average molecular weight is 163 g/mol. The van der Waals surface area contributed by atoms with Gasteiger partial charge in [0.25, 0.3) is 0 Å². The van der Waals surface area contributed by atoms with Crippen LogP contribution in [0.3, 0.4) is 0 Å². The summed E-state index contributed by atoms with van der Waals surface area (Å²) in [6.07, 6.45) is 7.37. The second-order valence-electron chi connectivity index (χ2n) is 2.41. The first-order valence-electron chi connectivity index (χ1n) is 3.60. The molecule has 56 valence electrons. The van der Waals surface area contributed by atoms with Crippen LogP contribution in [-0.4, -0.2) is 4.57 Å². The van der Waals surface area contributed by atoms with Gasteiger partial charge in [-0.25, -0.2) is 0 Å². The van der Waals surface area contributed by atoms with Crippen molar-refractivity contribution < 1.29 is 0 Å². The van der Waals surface area contributed by atoms with Crippen LogP contribution in [0.15, 0.2) is 41.4 Å². The van der Waals surface area contributed by atoms with Gasteiger partial charge in [-0.1, -0.05) is 6.08 Å². The lowest BCUT2D eigenvalue weighted by atomic mass is 10.3. The summed E-state index contributed by atoms with van der Waals surface area (Å²) in [4.78, 5) is 0. The van der Waals surface area contributed by atoms with Gasteiger partial charge in [0.15, 0.2) is 0 Å². The maximum absolute atomic E-state index is 2.18. The van der Waals surface area contributed by atoms with Gasteiger partial charge in [-0.3, -0.25) is 0 Å². The molecule has 0 spiro atoms. The molecular formula is C9H9NS. The van der Waals surface area contributed by atoms with Crippen molar-refractivity contribution in [2.75, 3.05) is 0 Å². The molecule has 0 radical (unpaired) electrons. The minimum Gasteiger partial charge on any atom is -0.327 e. The highest BCUT2D eigenvalue weighted by atomic mass is 32.2. The van der Waals surface area contributed by atoms with Gasteiger partial charge >= 0.3 is 0 Å². The smallest absolute Gasteiger partial charge is 0.0324 e. The van der Waals surface area contributed by atoms with E-state index in [1.165, 1.54) is 5.70 Å². The Morgan fingerprint density at radius 2 is 2.09 bits per heavy atom. The normalized spacial score (nSPS) is 16.5. The first-order valence-corrected chi connectivity index (χ1v) is 4.54. The summed E-state index contributed by atoms with van der Waals surface area (Å²) >= 11 is 1.74. The number of hydrogen-bond acceptors (Lipinski definition) is 1. The largest absolute Gasteiger partial charge is 0.327 e. The summed E-state index contributed by atoms with van der Waals surface area (Å²) in [7, 11) is 0. The summed E-state index contributed by atoms with van der Waals surface area (Å²) < 4.78 is 2.15. The van der Waals surface area contributed by atoms with Crippen molar-refractivity contribution >= 4 is 17.5 Å². The summed E-state index contributed by atoms with van der Waals surface area (Å²) in [6.45, 7) is 0. The van der Waals surface area contributed by atoms with Crippen LogP contribution in [0.5, 0.6) is 0 Å². The molecule has 0 unspecified atom stereocenters. The number of nitrogens with zero attached hydrogens (tertiary/aromatic N) is 1. The molecule has 1 aromatic heterocycles. The Morgan fingerprint density at radius 1 is 1.27 bits per heavy atom. The SMILES string of the molecule is C1=CSC=C(n2cccc2)C1. The Morgan fingerprint density at radius 3 is 2.73 bits per heavy atom. The highest BCUT2D eigenvalue weighted by molar-refractivity contribution is 8.05. The van der Waals surface area contributed by atoms with Gasteiger partial charge < -0.3 is 4.57 Å². The average Bonchev–Trinajstić information content (AvgIpc) is 2.58. The molecule has 0 N–H and O–H groups in total. The first-order chi connectivity index (χ1) is 5.47. The van der Waals surface area contributed by atoms with Crippen LogP contribution in [0.4, 0.5) is 0 Å². The summed E-state index contributed by atoms with van der Waals surface area (Å²) in [5.41, 5.74) is 1.35. The van der Waals surface area contributed by atoms with Crippen molar-refractivity contribution in [3.8, 4) is 0 Å². The lowest BCUT2D eigenvalue weighted by Crippen LogP contribution is -1.92. The van der Waals surface area contributed by atoms with E-state index >= 15 is 0 Å². The molecule has 0 aromatic carbocycles. The van der Waals surface area contributed by atoms with Crippen LogP contribution in [0.2, 0.25) is 0 Å². The van der Waals surface area contributed by atoms with E-state index in [1.807, 2.05) is 12.1 Å². The van der Waals surface area contributed by atoms with Gasteiger partial charge in [0, 0.05) is 24.5 Å². The molecule has 11 heavy (non-hydrogen) atoms. The Balaban J connectivity index is 2.24. The van der Waals surface area contributed by atoms with Crippen molar-refractivity contribution in [1.29, 1.82) is 0 Å². The molecule has 0 amide bonds. The third-order valence-electron chi connectivity index (χ3n) is 1.64. The van der Waals surface area contributed by atoms with Gasteiger partial charge in [0.2, 0.25) is 0 Å². The van der Waals surface area contributed by atoms with E-state index < -0.39 is 0 Å². The molecule has 1 aliphatic rings. The van der Waals surface area contributed by atoms with E-state index in [4.69, 9.17) is 0 Å². The third-order valence-corrected chi connectivity index (χ3v) is 2.40. The molecule has 0 bridgehead atoms. The van der Waals surface area contributed by atoms with E-state index in [9.17, 15) is 0 Å². The molecule has 0 saturated carbocycles. The van der Waals surface area contributed by atoms with Crippen LogP contribution in [0.1, 0.15) is 6.42 Å². The van der Waals surface area contributed by atoms with Gasteiger partial charge in [-0.05, 0) is 22.9 Å². The lowest BCUT2D eigenvalue weighted by molar-refractivity contribution is 1.06. The van der Waals surface area contributed by atoms with E-state index in [0.717, 1.165) is 6.42 Å². The van der Waals surface area contributed by atoms with E-state index in [0.29, 0.717) is 0 Å². The Labute approximate surface area is 70.4 Å². The molecule has 0 aliphatic carbocycles. The highest BCUT2D eigenvalue weighted by Gasteiger charge is 1.98. The van der Waals surface area contributed by atoms with Gasteiger partial charge in [-0.2, -0.15) is 0 Å². The van der Waals surface area contributed by atoms with Crippen LogP contribution >= 0.6 is 11.8 Å². The summed E-state index contributed by atoms with van der Waals surface area (Å²) in [5, 5.41) is 4.30. The first kappa shape index (κ1) is 6.80. The monoisotopic (exact) mass is 163 g/mol. The Kier molecular flexibility index (Phi) is 1.86. The number of thioether (sulfide) groups is 1. The van der Waals surface area contributed by atoms with Crippen molar-refractivity contribution in [2.24, 2.45) is 0 Å². The van der Waals surface area contributed by atoms with Crippen molar-refractivity contribution in [3.63, 3.8) is 0 Å². The third kappa shape index (κ3) is 1.40. The number of aromatic nitrogens is 1. The molecule has 1 aliphatic heterocycles. The topological polar surface area (TPSA) is 4.93 Å². The number of hydrogen-bond donors (Lipinski definition) is 0. The van der Waals surface area contributed by atoms with E-state index in [1.54, 1.807) is 11.8 Å². The fourth-order valence-electron chi connectivity index (χ4n) is 1.08. The van der Waals surface area contributed by atoms with Crippen molar-refractivity contribution in [1.82, 2.24) is 4.57 Å². The summed E-state index contributed by atoms with van der Waals surface area (Å²) in [6, 6.07) is 4.09. The molecule has 0 atom stereocenters. The Hall–Kier alpha value is -0.890. The van der Waals surface area contributed by atoms with Gasteiger partial charge in [-0.15, -0.1) is 11.8 Å². The maximum atomic E-state index is 2.18. The summed E-state index contributed by atoms with van der Waals surface area (Å²) in [5.74, 6) is 0. The second kappa shape index (κ2) is 3.01. The zero-order valence-electron chi connectivity index (χ0n) is 6.10. The maximum Gasteiger partial charge on any atom is 0.0324 e. The molecule has 2 heteroatoms. The minimum absolute atomic E-state index is 1.04. The molecule has 1 aromatic rings. The standard InChI is InChI=1S/C9H9NS/c1-2-6-10(5-1)9-4-3-7-11-8-9/h1-3,5-8H,4H2. The second-order valence-corrected chi connectivity index (χ2v) is 3.19. The van der Waals surface area contributed by atoms with E-state index in [2.05, 4.69) is 33.9 Å². The molecule has 0 fully saturated rings. The highest BCUT2D eigenvalue weighted by Crippen LogP contribution is 2.22. The lowest BCUT2D eigenvalue weighted by Gasteiger charge is -2.08. The molecule has 1 nitrogen and oxygen atoms in total. The van der Waals surface area contributed by atoms with E-state index in [-0.39, 0.29) is 0 Å². The Bertz CT molecular complexity index is 283. The minimum atomic E-state index is 1.04. The van der Waals surface area contributed by atoms with Crippen LogP contribution in [-0.2, 0) is 0 Å². The van der Waals surface area contributed by atoms with Crippen molar-refractivity contribution in [2.45, 2.75) is 6.42 Å². The zero-order chi connectivity index (χ0) is 7.52. The fraction of sp³-hybridized carbons (Fsp3) is 0.111.